The van der Waals surface area contributed by atoms with Gasteiger partial charge in [0.15, 0.2) is 0 Å². The third kappa shape index (κ3) is 0.924. The Morgan fingerprint density at radius 1 is 0.824 bits per heavy atom. The zero-order valence-electron chi connectivity index (χ0n) is 9.75. The average Bonchev–Trinajstić information content (AvgIpc) is 2.98. The Bertz CT molecular complexity index is 473. The lowest BCUT2D eigenvalue weighted by atomic mass is 9.57. The summed E-state index contributed by atoms with van der Waals surface area (Å²) in [5.74, 6) is 3.12. The molecule has 0 aromatic heterocycles. The summed E-state index contributed by atoms with van der Waals surface area (Å²) >= 11 is 0. The van der Waals surface area contributed by atoms with Crippen molar-refractivity contribution in [3.05, 3.63) is 47.5 Å². The van der Waals surface area contributed by atoms with Crippen LogP contribution in [0.25, 0.3) is 0 Å². The molecule has 1 aromatic rings. The van der Waals surface area contributed by atoms with E-state index in [4.69, 9.17) is 4.74 Å². The third-order valence-corrected chi connectivity index (χ3v) is 5.47. The fourth-order valence-corrected chi connectivity index (χ4v) is 4.86. The molecule has 1 saturated heterocycles. The lowest BCUT2D eigenvalue weighted by molar-refractivity contribution is 0.0513. The second-order valence-corrected chi connectivity index (χ2v) is 6.05. The summed E-state index contributed by atoms with van der Waals surface area (Å²) in [6, 6.07) is 8.88. The molecule has 1 heteroatoms. The molecule has 3 aliphatic carbocycles. The largest absolute Gasteiger partial charge is 0.365 e. The summed E-state index contributed by atoms with van der Waals surface area (Å²) in [6.07, 6.45) is 8.52. The van der Waals surface area contributed by atoms with E-state index in [1.807, 2.05) is 0 Å². The molecule has 2 fully saturated rings. The highest BCUT2D eigenvalue weighted by atomic mass is 16.5. The lowest BCUT2D eigenvalue weighted by Crippen LogP contribution is -2.39. The highest BCUT2D eigenvalue weighted by Crippen LogP contribution is 2.66. The zero-order valence-corrected chi connectivity index (χ0v) is 9.75. The van der Waals surface area contributed by atoms with Crippen LogP contribution in [-0.4, -0.2) is 0 Å². The number of hydrogen-bond donors (Lipinski definition) is 0. The van der Waals surface area contributed by atoms with Gasteiger partial charge in [-0.25, -0.2) is 0 Å². The number of benzene rings is 1. The van der Waals surface area contributed by atoms with Crippen LogP contribution in [0.2, 0.25) is 0 Å². The second kappa shape index (κ2) is 2.84. The van der Waals surface area contributed by atoms with Crippen LogP contribution in [-0.2, 0) is 4.74 Å². The Morgan fingerprint density at radius 2 is 1.35 bits per heavy atom. The van der Waals surface area contributed by atoms with Crippen LogP contribution in [0.1, 0.15) is 36.2 Å². The minimum atomic E-state index is 0.402. The molecule has 1 saturated carbocycles. The topological polar surface area (TPSA) is 9.23 Å². The van der Waals surface area contributed by atoms with Crippen LogP contribution in [0.15, 0.2) is 36.4 Å². The van der Waals surface area contributed by atoms with Gasteiger partial charge in [-0.05, 0) is 35.8 Å². The predicted molar refractivity (Wildman–Crippen MR) is 65.3 cm³/mol. The van der Waals surface area contributed by atoms with E-state index < -0.39 is 0 Å². The van der Waals surface area contributed by atoms with Gasteiger partial charge in [0.2, 0.25) is 0 Å². The van der Waals surface area contributed by atoms with Gasteiger partial charge in [-0.2, -0.15) is 0 Å². The van der Waals surface area contributed by atoms with E-state index in [1.165, 1.54) is 24.0 Å². The molecular formula is C16H16O. The van der Waals surface area contributed by atoms with Crippen molar-refractivity contribution in [3.63, 3.8) is 0 Å². The molecular weight excluding hydrogens is 208 g/mol. The maximum atomic E-state index is 6.33. The first-order chi connectivity index (χ1) is 8.43. The first kappa shape index (κ1) is 8.93. The Kier molecular flexibility index (Phi) is 1.49. The molecule has 0 spiro atoms. The molecule has 0 N–H and O–H groups in total. The van der Waals surface area contributed by atoms with Gasteiger partial charge in [0.1, 0.15) is 0 Å². The monoisotopic (exact) mass is 224 g/mol. The van der Waals surface area contributed by atoms with Crippen molar-refractivity contribution in [1.82, 2.24) is 0 Å². The summed E-state index contributed by atoms with van der Waals surface area (Å²) in [4.78, 5) is 0. The fraction of sp³-hybridized carbons (Fsp3) is 0.500. The second-order valence-electron chi connectivity index (χ2n) is 6.05. The van der Waals surface area contributed by atoms with Crippen molar-refractivity contribution in [3.8, 4) is 0 Å². The minimum absolute atomic E-state index is 0.402. The standard InChI is InChI=1S/C16H16O/c1-2-4-12-11(3-1)15-13-9-5-7-10(8-6-9)14(13)16(12)17-15/h1-5,7,9-10,13-16H,6,8H2/t9-,10+,13?,14?,15+,16-. The Balaban J connectivity index is 1.71. The molecule has 4 bridgehead atoms. The molecule has 1 nitrogen and oxygen atoms in total. The Labute approximate surface area is 101 Å². The third-order valence-electron chi connectivity index (χ3n) is 5.47. The van der Waals surface area contributed by atoms with Gasteiger partial charge in [0.25, 0.3) is 0 Å². The molecule has 1 aromatic carbocycles. The van der Waals surface area contributed by atoms with Crippen molar-refractivity contribution in [2.75, 3.05) is 0 Å². The van der Waals surface area contributed by atoms with Crippen LogP contribution in [0.3, 0.4) is 0 Å². The van der Waals surface area contributed by atoms with Crippen LogP contribution in [0.4, 0.5) is 0 Å². The summed E-state index contributed by atoms with van der Waals surface area (Å²) in [5, 5.41) is 0. The van der Waals surface area contributed by atoms with Crippen molar-refractivity contribution < 1.29 is 4.74 Å². The smallest absolute Gasteiger partial charge is 0.0874 e. The molecule has 86 valence electrons. The lowest BCUT2D eigenvalue weighted by Gasteiger charge is -2.45. The quantitative estimate of drug-likeness (QED) is 0.611. The summed E-state index contributed by atoms with van der Waals surface area (Å²) < 4.78 is 6.33. The van der Waals surface area contributed by atoms with E-state index >= 15 is 0 Å². The van der Waals surface area contributed by atoms with Crippen LogP contribution < -0.4 is 0 Å². The van der Waals surface area contributed by atoms with Crippen molar-refractivity contribution in [2.24, 2.45) is 23.7 Å². The fourth-order valence-electron chi connectivity index (χ4n) is 4.86. The first-order valence-electron chi connectivity index (χ1n) is 6.86. The van der Waals surface area contributed by atoms with Gasteiger partial charge >= 0.3 is 0 Å². The Hall–Kier alpha value is -1.08. The van der Waals surface area contributed by atoms with Crippen LogP contribution in [0.5, 0.6) is 0 Å². The summed E-state index contributed by atoms with van der Waals surface area (Å²) in [7, 11) is 0. The molecule has 5 aliphatic rings. The average molecular weight is 224 g/mol. The van der Waals surface area contributed by atoms with Crippen LogP contribution >= 0.6 is 0 Å². The maximum Gasteiger partial charge on any atom is 0.0874 e. The van der Waals surface area contributed by atoms with E-state index in [2.05, 4.69) is 36.4 Å². The number of fused-ring (bicyclic) bond motifs is 6. The maximum absolute atomic E-state index is 6.33. The van der Waals surface area contributed by atoms with Crippen molar-refractivity contribution in [1.29, 1.82) is 0 Å². The molecule has 2 aliphatic heterocycles. The van der Waals surface area contributed by atoms with Crippen molar-refractivity contribution in [2.45, 2.75) is 25.0 Å². The predicted octanol–water partition coefficient (Wildman–Crippen LogP) is 3.64. The molecule has 6 atom stereocenters. The number of rotatable bonds is 0. The molecule has 0 radical (unpaired) electrons. The van der Waals surface area contributed by atoms with Gasteiger partial charge in [0.05, 0.1) is 12.2 Å². The molecule has 0 amide bonds. The highest BCUT2D eigenvalue weighted by molar-refractivity contribution is 5.40. The van der Waals surface area contributed by atoms with E-state index in [1.54, 1.807) is 0 Å². The van der Waals surface area contributed by atoms with E-state index in [9.17, 15) is 0 Å². The Morgan fingerprint density at radius 3 is 1.82 bits per heavy atom. The summed E-state index contributed by atoms with van der Waals surface area (Å²) in [6.45, 7) is 0. The summed E-state index contributed by atoms with van der Waals surface area (Å²) in [5.41, 5.74) is 2.97. The van der Waals surface area contributed by atoms with Gasteiger partial charge in [-0.3, -0.25) is 0 Å². The van der Waals surface area contributed by atoms with E-state index in [0.29, 0.717) is 12.2 Å². The van der Waals surface area contributed by atoms with E-state index in [0.717, 1.165) is 23.7 Å². The number of hydrogen-bond acceptors (Lipinski definition) is 1. The van der Waals surface area contributed by atoms with Crippen molar-refractivity contribution >= 4 is 0 Å². The number of allylic oxidation sites excluding steroid dienone is 2. The number of ether oxygens (including phenoxy) is 1. The first-order valence-corrected chi connectivity index (χ1v) is 6.86. The minimum Gasteiger partial charge on any atom is -0.365 e. The highest BCUT2D eigenvalue weighted by Gasteiger charge is 2.58. The molecule has 17 heavy (non-hydrogen) atoms. The SMILES string of the molecule is C1=C[C@H]2CC[C@@H]1C1C2[C@@H]2O[C@H]1c1ccccc12. The normalized spacial score (nSPS) is 48.2. The molecule has 6 rings (SSSR count). The van der Waals surface area contributed by atoms with Gasteiger partial charge < -0.3 is 4.74 Å². The van der Waals surface area contributed by atoms with Crippen LogP contribution in [0, 0.1) is 23.7 Å². The molecule has 2 heterocycles. The molecule has 2 unspecified atom stereocenters. The van der Waals surface area contributed by atoms with E-state index in [-0.39, 0.29) is 0 Å². The van der Waals surface area contributed by atoms with Gasteiger partial charge in [-0.15, -0.1) is 0 Å². The van der Waals surface area contributed by atoms with Gasteiger partial charge in [-0.1, -0.05) is 36.4 Å². The van der Waals surface area contributed by atoms with Gasteiger partial charge in [0, 0.05) is 11.8 Å². The zero-order chi connectivity index (χ0) is 11.0.